The zero-order valence-electron chi connectivity index (χ0n) is 11.1. The standard InChI is InChI=1S/C14H18N2O3/c1-16-6-5-10-12(16)7-9(8-13(10)19-2)11(15)3-4-14(17)18/h5-8,11H,3-4,15H2,1-2H3,(H,17,18). The van der Waals surface area contributed by atoms with Gasteiger partial charge in [-0.15, -0.1) is 0 Å². The van der Waals surface area contributed by atoms with Gasteiger partial charge >= 0.3 is 5.97 Å². The molecule has 5 nitrogen and oxygen atoms in total. The van der Waals surface area contributed by atoms with E-state index in [2.05, 4.69) is 0 Å². The van der Waals surface area contributed by atoms with E-state index < -0.39 is 5.97 Å². The van der Waals surface area contributed by atoms with Crippen LogP contribution in [-0.4, -0.2) is 22.8 Å². The highest BCUT2D eigenvalue weighted by Crippen LogP contribution is 2.31. The molecule has 0 saturated heterocycles. The van der Waals surface area contributed by atoms with Gasteiger partial charge in [-0.1, -0.05) is 0 Å². The topological polar surface area (TPSA) is 77.5 Å². The van der Waals surface area contributed by atoms with Crippen molar-refractivity contribution in [2.45, 2.75) is 18.9 Å². The highest BCUT2D eigenvalue weighted by atomic mass is 16.5. The second-order valence-electron chi connectivity index (χ2n) is 4.62. The Hall–Kier alpha value is -2.01. The second-order valence-corrected chi connectivity index (χ2v) is 4.62. The Kier molecular flexibility index (Phi) is 3.76. The van der Waals surface area contributed by atoms with Crippen molar-refractivity contribution in [1.82, 2.24) is 4.57 Å². The molecule has 1 aromatic heterocycles. The summed E-state index contributed by atoms with van der Waals surface area (Å²) in [6, 6.07) is 5.56. The number of aryl methyl sites for hydroxylation is 1. The summed E-state index contributed by atoms with van der Waals surface area (Å²) in [5.41, 5.74) is 7.97. The van der Waals surface area contributed by atoms with Crippen LogP contribution < -0.4 is 10.5 Å². The molecule has 0 aliphatic heterocycles. The number of carboxylic acid groups (broad SMARTS) is 1. The van der Waals surface area contributed by atoms with Crippen molar-refractivity contribution in [3.05, 3.63) is 30.0 Å². The molecule has 0 saturated carbocycles. The largest absolute Gasteiger partial charge is 0.496 e. The van der Waals surface area contributed by atoms with Gasteiger partial charge in [0.25, 0.3) is 0 Å². The van der Waals surface area contributed by atoms with E-state index in [4.69, 9.17) is 15.6 Å². The first kappa shape index (κ1) is 13.4. The lowest BCUT2D eigenvalue weighted by Crippen LogP contribution is -2.12. The van der Waals surface area contributed by atoms with Crippen LogP contribution in [0.25, 0.3) is 10.9 Å². The molecule has 5 heteroatoms. The summed E-state index contributed by atoms with van der Waals surface area (Å²) < 4.78 is 7.36. The maximum Gasteiger partial charge on any atom is 0.303 e. The van der Waals surface area contributed by atoms with Crippen molar-refractivity contribution in [2.75, 3.05) is 7.11 Å². The molecule has 1 heterocycles. The molecule has 102 valence electrons. The molecule has 0 radical (unpaired) electrons. The molecule has 0 aliphatic carbocycles. The maximum atomic E-state index is 10.6. The molecule has 2 rings (SSSR count). The van der Waals surface area contributed by atoms with Crippen LogP contribution in [0.3, 0.4) is 0 Å². The van der Waals surface area contributed by atoms with Crippen LogP contribution in [0.15, 0.2) is 24.4 Å². The van der Waals surface area contributed by atoms with Gasteiger partial charge in [0.05, 0.1) is 12.6 Å². The predicted molar refractivity (Wildman–Crippen MR) is 73.3 cm³/mol. The number of hydrogen-bond acceptors (Lipinski definition) is 3. The number of carboxylic acids is 1. The van der Waals surface area contributed by atoms with E-state index in [0.717, 1.165) is 22.2 Å². The fraction of sp³-hybridized carbons (Fsp3) is 0.357. The molecule has 1 atom stereocenters. The number of methoxy groups -OCH3 is 1. The fourth-order valence-corrected chi connectivity index (χ4v) is 2.19. The zero-order valence-corrected chi connectivity index (χ0v) is 11.1. The Bertz CT molecular complexity index is 604. The summed E-state index contributed by atoms with van der Waals surface area (Å²) in [5, 5.41) is 9.74. The summed E-state index contributed by atoms with van der Waals surface area (Å²) in [7, 11) is 3.57. The van der Waals surface area contributed by atoms with Crippen molar-refractivity contribution in [2.24, 2.45) is 12.8 Å². The minimum atomic E-state index is -0.831. The average molecular weight is 262 g/mol. The molecule has 19 heavy (non-hydrogen) atoms. The van der Waals surface area contributed by atoms with E-state index in [0.29, 0.717) is 6.42 Å². The number of nitrogens with two attached hydrogens (primary N) is 1. The highest BCUT2D eigenvalue weighted by Gasteiger charge is 2.13. The van der Waals surface area contributed by atoms with Crippen molar-refractivity contribution in [3.8, 4) is 5.75 Å². The molecule has 1 aromatic carbocycles. The number of carbonyl (C=O) groups is 1. The van der Waals surface area contributed by atoms with Gasteiger partial charge in [0.2, 0.25) is 0 Å². The molecule has 0 amide bonds. The first-order valence-electron chi connectivity index (χ1n) is 6.13. The quantitative estimate of drug-likeness (QED) is 0.864. The average Bonchev–Trinajstić information content (AvgIpc) is 2.76. The van der Waals surface area contributed by atoms with E-state index in [1.807, 2.05) is 36.0 Å². The van der Waals surface area contributed by atoms with Gasteiger partial charge in [0.15, 0.2) is 0 Å². The molecule has 0 spiro atoms. The van der Waals surface area contributed by atoms with Crippen LogP contribution in [0.1, 0.15) is 24.4 Å². The number of aromatic nitrogens is 1. The van der Waals surface area contributed by atoms with Crippen LogP contribution in [-0.2, 0) is 11.8 Å². The number of aliphatic carboxylic acids is 1. The smallest absolute Gasteiger partial charge is 0.303 e. The highest BCUT2D eigenvalue weighted by molar-refractivity contribution is 5.87. The third kappa shape index (κ3) is 2.71. The third-order valence-electron chi connectivity index (χ3n) is 3.30. The fourth-order valence-electron chi connectivity index (χ4n) is 2.19. The van der Waals surface area contributed by atoms with E-state index in [1.165, 1.54) is 0 Å². The second kappa shape index (κ2) is 5.32. The van der Waals surface area contributed by atoms with Crippen LogP contribution in [0, 0.1) is 0 Å². The summed E-state index contributed by atoms with van der Waals surface area (Å²) in [5.74, 6) is -0.0683. The third-order valence-corrected chi connectivity index (χ3v) is 3.30. The normalized spacial score (nSPS) is 12.6. The van der Waals surface area contributed by atoms with Gasteiger partial charge in [-0.3, -0.25) is 4.79 Å². The number of nitrogens with zero attached hydrogens (tertiary/aromatic N) is 1. The van der Waals surface area contributed by atoms with E-state index in [-0.39, 0.29) is 12.5 Å². The van der Waals surface area contributed by atoms with Gasteiger partial charge in [-0.2, -0.15) is 0 Å². The van der Waals surface area contributed by atoms with Gasteiger partial charge in [-0.05, 0) is 30.2 Å². The summed E-state index contributed by atoms with van der Waals surface area (Å²) in [4.78, 5) is 10.6. The number of hydrogen-bond donors (Lipinski definition) is 2. The molecule has 1 unspecified atom stereocenters. The van der Waals surface area contributed by atoms with Crippen LogP contribution in [0.5, 0.6) is 5.75 Å². The molecule has 0 bridgehead atoms. The van der Waals surface area contributed by atoms with Crippen molar-refractivity contribution < 1.29 is 14.6 Å². The molecule has 3 N–H and O–H groups in total. The number of ether oxygens (including phenoxy) is 1. The maximum absolute atomic E-state index is 10.6. The van der Waals surface area contributed by atoms with Crippen LogP contribution in [0.4, 0.5) is 0 Å². The Morgan fingerprint density at radius 1 is 1.53 bits per heavy atom. The van der Waals surface area contributed by atoms with E-state index in [1.54, 1.807) is 7.11 Å². The van der Waals surface area contributed by atoms with E-state index >= 15 is 0 Å². The molecular formula is C14H18N2O3. The molecule has 0 aliphatic rings. The van der Waals surface area contributed by atoms with Gasteiger partial charge in [-0.25, -0.2) is 0 Å². The minimum absolute atomic E-state index is 0.0641. The Labute approximate surface area is 111 Å². The van der Waals surface area contributed by atoms with Crippen LogP contribution >= 0.6 is 0 Å². The van der Waals surface area contributed by atoms with Crippen LogP contribution in [0.2, 0.25) is 0 Å². The van der Waals surface area contributed by atoms with Crippen molar-refractivity contribution in [1.29, 1.82) is 0 Å². The summed E-state index contributed by atoms with van der Waals surface area (Å²) in [6.07, 6.45) is 2.43. The number of benzene rings is 1. The number of rotatable bonds is 5. The molecular weight excluding hydrogens is 244 g/mol. The minimum Gasteiger partial charge on any atom is -0.496 e. The van der Waals surface area contributed by atoms with Crippen molar-refractivity contribution >= 4 is 16.9 Å². The van der Waals surface area contributed by atoms with Gasteiger partial charge in [0, 0.05) is 31.1 Å². The SMILES string of the molecule is COc1cc(C(N)CCC(=O)O)cc2c1ccn2C. The zero-order chi connectivity index (χ0) is 14.0. The van der Waals surface area contributed by atoms with Crippen molar-refractivity contribution in [3.63, 3.8) is 0 Å². The Balaban J connectivity index is 2.37. The lowest BCUT2D eigenvalue weighted by atomic mass is 10.0. The Morgan fingerprint density at radius 3 is 2.89 bits per heavy atom. The van der Waals surface area contributed by atoms with Gasteiger partial charge < -0.3 is 20.1 Å². The predicted octanol–water partition coefficient (Wildman–Crippen LogP) is 2.05. The van der Waals surface area contributed by atoms with E-state index in [9.17, 15) is 4.79 Å². The first-order chi connectivity index (χ1) is 9.02. The first-order valence-corrected chi connectivity index (χ1v) is 6.13. The molecule has 0 fully saturated rings. The monoisotopic (exact) mass is 262 g/mol. The summed E-state index contributed by atoms with van der Waals surface area (Å²) >= 11 is 0. The summed E-state index contributed by atoms with van der Waals surface area (Å²) in [6.45, 7) is 0. The molecule has 2 aromatic rings. The van der Waals surface area contributed by atoms with Gasteiger partial charge in [0.1, 0.15) is 5.75 Å². The Morgan fingerprint density at radius 2 is 2.26 bits per heavy atom. The lowest BCUT2D eigenvalue weighted by Gasteiger charge is -2.13. The number of fused-ring (bicyclic) bond motifs is 1. The lowest BCUT2D eigenvalue weighted by molar-refractivity contribution is -0.137.